The minimum absolute atomic E-state index is 0.0823. The Labute approximate surface area is 303 Å². The van der Waals surface area contributed by atoms with Gasteiger partial charge in [-0.2, -0.15) is 0 Å². The van der Waals surface area contributed by atoms with Crippen LogP contribution in [0.5, 0.6) is 0 Å². The standard InChI is InChI=1S/C43H67N3O4/c1-3-5-7-9-11-13-15-17-19-25-31-44-41(47)33-40(42(48)45-32-26-20-18-16-14-12-10-8-6-4-2)46-43(49)50-34-39-37-29-23-21-27-35(37)36-28-22-24-30-38(36)39/h21-24,27-30,39-40H,3-20,25-26,31-34H2,1-2H3,(H,44,47)(H,45,48)(H,46,49)/t40-/m0/s1. The summed E-state index contributed by atoms with van der Waals surface area (Å²) in [5, 5.41) is 8.65. The number of nitrogens with one attached hydrogen (secondary N) is 3. The van der Waals surface area contributed by atoms with Crippen molar-refractivity contribution < 1.29 is 19.1 Å². The monoisotopic (exact) mass is 690 g/mol. The molecule has 0 saturated heterocycles. The molecule has 0 aromatic heterocycles. The van der Waals surface area contributed by atoms with E-state index in [0.717, 1.165) is 54.4 Å². The molecule has 0 bridgehead atoms. The lowest BCUT2D eigenvalue weighted by Gasteiger charge is -2.20. The number of hydrogen-bond donors (Lipinski definition) is 3. The van der Waals surface area contributed by atoms with Crippen LogP contribution in [0.2, 0.25) is 0 Å². The van der Waals surface area contributed by atoms with Crippen LogP contribution in [0.3, 0.4) is 0 Å². The molecule has 50 heavy (non-hydrogen) atoms. The average molecular weight is 690 g/mol. The first kappa shape index (κ1) is 41.1. The van der Waals surface area contributed by atoms with E-state index in [2.05, 4.69) is 54.1 Å². The molecule has 0 aliphatic heterocycles. The van der Waals surface area contributed by atoms with Crippen LogP contribution in [0.4, 0.5) is 4.79 Å². The Morgan fingerprint density at radius 3 is 1.48 bits per heavy atom. The molecule has 3 rings (SSSR count). The molecule has 0 radical (unpaired) electrons. The van der Waals surface area contributed by atoms with E-state index in [4.69, 9.17) is 4.74 Å². The highest BCUT2D eigenvalue weighted by atomic mass is 16.5. The van der Waals surface area contributed by atoms with Gasteiger partial charge in [-0.3, -0.25) is 9.59 Å². The number of rotatable bonds is 28. The minimum atomic E-state index is -0.999. The van der Waals surface area contributed by atoms with Crippen LogP contribution in [-0.2, 0) is 14.3 Å². The number of amides is 3. The van der Waals surface area contributed by atoms with E-state index < -0.39 is 12.1 Å². The molecule has 2 aromatic carbocycles. The van der Waals surface area contributed by atoms with Gasteiger partial charge in [-0.15, -0.1) is 0 Å². The van der Waals surface area contributed by atoms with Crippen molar-refractivity contribution in [1.82, 2.24) is 16.0 Å². The molecule has 3 amide bonds. The van der Waals surface area contributed by atoms with Crippen LogP contribution in [0.25, 0.3) is 11.1 Å². The molecule has 3 N–H and O–H groups in total. The van der Waals surface area contributed by atoms with E-state index in [9.17, 15) is 14.4 Å². The average Bonchev–Trinajstić information content (AvgIpc) is 3.45. The van der Waals surface area contributed by atoms with Crippen molar-refractivity contribution >= 4 is 17.9 Å². The highest BCUT2D eigenvalue weighted by Crippen LogP contribution is 2.44. The molecule has 0 spiro atoms. The van der Waals surface area contributed by atoms with Gasteiger partial charge in [-0.05, 0) is 35.1 Å². The number of fused-ring (bicyclic) bond motifs is 3. The number of unbranched alkanes of at least 4 members (excludes halogenated alkanes) is 18. The molecule has 1 atom stereocenters. The second kappa shape index (κ2) is 25.6. The van der Waals surface area contributed by atoms with Gasteiger partial charge in [0.05, 0.1) is 6.42 Å². The van der Waals surface area contributed by atoms with Crippen LogP contribution in [0.1, 0.15) is 166 Å². The molecule has 0 heterocycles. The van der Waals surface area contributed by atoms with Crippen molar-refractivity contribution in [2.24, 2.45) is 0 Å². The summed E-state index contributed by atoms with van der Waals surface area (Å²) in [6, 6.07) is 15.4. The van der Waals surface area contributed by atoms with Crippen LogP contribution < -0.4 is 16.0 Å². The quantitative estimate of drug-likeness (QED) is 0.0775. The van der Waals surface area contributed by atoms with Gasteiger partial charge in [-0.1, -0.05) is 178 Å². The molecular weight excluding hydrogens is 622 g/mol. The number of ether oxygens (including phenoxy) is 1. The number of benzene rings is 2. The first-order valence-electron chi connectivity index (χ1n) is 20.2. The van der Waals surface area contributed by atoms with Gasteiger partial charge in [-0.25, -0.2) is 4.79 Å². The zero-order valence-corrected chi connectivity index (χ0v) is 31.4. The largest absolute Gasteiger partial charge is 0.449 e. The molecule has 7 nitrogen and oxygen atoms in total. The molecule has 1 aliphatic rings. The lowest BCUT2D eigenvalue weighted by molar-refractivity contribution is -0.128. The third-order valence-electron chi connectivity index (χ3n) is 10.0. The molecule has 0 unspecified atom stereocenters. The van der Waals surface area contributed by atoms with Crippen molar-refractivity contribution in [2.45, 2.75) is 161 Å². The summed E-state index contributed by atoms with van der Waals surface area (Å²) in [6.45, 7) is 5.74. The van der Waals surface area contributed by atoms with Crippen LogP contribution >= 0.6 is 0 Å². The topological polar surface area (TPSA) is 96.5 Å². The summed E-state index contributed by atoms with van der Waals surface area (Å²) in [5.74, 6) is -0.663. The molecular formula is C43H67N3O4. The Morgan fingerprint density at radius 1 is 0.580 bits per heavy atom. The minimum Gasteiger partial charge on any atom is -0.449 e. The maximum atomic E-state index is 13.3. The summed E-state index contributed by atoms with van der Waals surface area (Å²) < 4.78 is 5.72. The molecule has 2 aromatic rings. The van der Waals surface area contributed by atoms with E-state index in [1.54, 1.807) is 0 Å². The zero-order chi connectivity index (χ0) is 35.7. The third-order valence-corrected chi connectivity index (χ3v) is 10.0. The van der Waals surface area contributed by atoms with E-state index in [0.29, 0.717) is 13.1 Å². The fraction of sp³-hybridized carbons (Fsp3) is 0.651. The summed E-state index contributed by atoms with van der Waals surface area (Å²) in [5.41, 5.74) is 4.55. The van der Waals surface area contributed by atoms with Gasteiger partial charge in [0.25, 0.3) is 0 Å². The van der Waals surface area contributed by atoms with Crippen molar-refractivity contribution in [3.63, 3.8) is 0 Å². The number of carbonyl (C=O) groups excluding carboxylic acids is 3. The Morgan fingerprint density at radius 2 is 1.00 bits per heavy atom. The Balaban J connectivity index is 1.42. The summed E-state index contributed by atoms with van der Waals surface area (Å²) in [7, 11) is 0. The fourth-order valence-electron chi connectivity index (χ4n) is 7.04. The van der Waals surface area contributed by atoms with Gasteiger partial charge < -0.3 is 20.7 Å². The maximum Gasteiger partial charge on any atom is 0.407 e. The molecule has 1 aliphatic carbocycles. The highest BCUT2D eigenvalue weighted by molar-refractivity contribution is 5.91. The van der Waals surface area contributed by atoms with Gasteiger partial charge in [0.2, 0.25) is 11.8 Å². The Hall–Kier alpha value is -3.35. The van der Waals surface area contributed by atoms with Crippen molar-refractivity contribution in [2.75, 3.05) is 19.7 Å². The Kier molecular flexibility index (Phi) is 21.0. The van der Waals surface area contributed by atoms with E-state index in [-0.39, 0.29) is 30.8 Å². The molecule has 0 fully saturated rings. The van der Waals surface area contributed by atoms with E-state index >= 15 is 0 Å². The number of hydrogen-bond acceptors (Lipinski definition) is 4. The highest BCUT2D eigenvalue weighted by Gasteiger charge is 2.30. The SMILES string of the molecule is CCCCCCCCCCCCNC(=O)C[C@H](NC(=O)OCC1c2ccccc2-c2ccccc21)C(=O)NCCCCCCCCCCCC. The second-order valence-corrected chi connectivity index (χ2v) is 14.2. The van der Waals surface area contributed by atoms with Gasteiger partial charge in [0, 0.05) is 19.0 Å². The predicted octanol–water partition coefficient (Wildman–Crippen LogP) is 10.4. The van der Waals surface area contributed by atoms with Crippen LogP contribution in [0, 0.1) is 0 Å². The van der Waals surface area contributed by atoms with Gasteiger partial charge >= 0.3 is 6.09 Å². The van der Waals surface area contributed by atoms with Gasteiger partial charge in [0.1, 0.15) is 12.6 Å². The predicted molar refractivity (Wildman–Crippen MR) is 206 cm³/mol. The van der Waals surface area contributed by atoms with Crippen molar-refractivity contribution in [1.29, 1.82) is 0 Å². The summed E-state index contributed by atoms with van der Waals surface area (Å²) in [6.07, 6.45) is 23.7. The number of carbonyl (C=O) groups is 3. The summed E-state index contributed by atoms with van der Waals surface area (Å²) in [4.78, 5) is 39.3. The van der Waals surface area contributed by atoms with Crippen LogP contribution in [-0.4, -0.2) is 43.6 Å². The van der Waals surface area contributed by atoms with Gasteiger partial charge in [0.15, 0.2) is 0 Å². The maximum absolute atomic E-state index is 13.3. The lowest BCUT2D eigenvalue weighted by Crippen LogP contribution is -2.49. The zero-order valence-electron chi connectivity index (χ0n) is 31.4. The fourth-order valence-corrected chi connectivity index (χ4v) is 7.04. The Bertz CT molecular complexity index is 1200. The molecule has 278 valence electrons. The first-order valence-corrected chi connectivity index (χ1v) is 20.2. The molecule has 7 heteroatoms. The second-order valence-electron chi connectivity index (χ2n) is 14.2. The van der Waals surface area contributed by atoms with Crippen LogP contribution in [0.15, 0.2) is 48.5 Å². The van der Waals surface area contributed by atoms with E-state index in [1.807, 2.05) is 24.3 Å². The lowest BCUT2D eigenvalue weighted by atomic mass is 9.98. The number of alkyl carbamates (subject to hydrolysis) is 1. The summed E-state index contributed by atoms with van der Waals surface area (Å²) >= 11 is 0. The van der Waals surface area contributed by atoms with E-state index in [1.165, 1.54) is 96.3 Å². The third kappa shape index (κ3) is 15.7. The van der Waals surface area contributed by atoms with Crippen molar-refractivity contribution in [3.05, 3.63) is 59.7 Å². The van der Waals surface area contributed by atoms with Crippen molar-refractivity contribution in [3.8, 4) is 11.1 Å². The normalized spacial score (nSPS) is 12.6. The smallest absolute Gasteiger partial charge is 0.407 e. The first-order chi connectivity index (χ1) is 24.5. The molecule has 0 saturated carbocycles.